The molecule has 0 unspecified atom stereocenters. The van der Waals surface area contributed by atoms with E-state index in [1.807, 2.05) is 41.1 Å². The maximum atomic E-state index is 11.5. The number of hydrogen-bond acceptors (Lipinski definition) is 3. The molecule has 3 aromatic rings. The monoisotopic (exact) mass is 387 g/mol. The molecule has 1 heterocycles. The molecule has 29 heavy (non-hydrogen) atoms. The van der Waals surface area contributed by atoms with Crippen LogP contribution < -0.4 is 0 Å². The van der Waals surface area contributed by atoms with Gasteiger partial charge in [0.2, 0.25) is 0 Å². The molecule has 0 aliphatic carbocycles. The third kappa shape index (κ3) is 5.11. The molecule has 1 N–H and O–H groups in total. The van der Waals surface area contributed by atoms with Gasteiger partial charge >= 0.3 is 5.97 Å². The average molecular weight is 387 g/mol. The van der Waals surface area contributed by atoms with E-state index in [9.17, 15) is 9.90 Å². The summed E-state index contributed by atoms with van der Waals surface area (Å²) in [4.78, 5) is 16.1. The van der Waals surface area contributed by atoms with E-state index in [0.29, 0.717) is 36.4 Å². The first-order valence-corrected chi connectivity index (χ1v) is 9.75. The standard InChI is InChI=1S/C24H25N3O2/c1-4-5-10-23-25-22(15-17(2)3)26-27(23)16-18-11-13-19(14-12-18)20-8-6-7-9-21(20)24(28)29/h1,6-9,11-14,17H,5,10,15-16H2,2-3H3,(H,28,29). The van der Waals surface area contributed by atoms with E-state index in [0.717, 1.165) is 29.2 Å². The molecule has 0 amide bonds. The topological polar surface area (TPSA) is 68.0 Å². The fourth-order valence-electron chi connectivity index (χ4n) is 3.26. The normalized spacial score (nSPS) is 10.8. The number of terminal acetylenes is 1. The van der Waals surface area contributed by atoms with Gasteiger partial charge < -0.3 is 5.11 Å². The van der Waals surface area contributed by atoms with Crippen LogP contribution in [0.25, 0.3) is 11.1 Å². The second kappa shape index (κ2) is 9.20. The summed E-state index contributed by atoms with van der Waals surface area (Å²) in [6, 6.07) is 14.9. The van der Waals surface area contributed by atoms with E-state index in [1.54, 1.807) is 12.1 Å². The molecule has 0 bridgehead atoms. The third-order valence-electron chi connectivity index (χ3n) is 4.63. The van der Waals surface area contributed by atoms with E-state index in [-0.39, 0.29) is 0 Å². The summed E-state index contributed by atoms with van der Waals surface area (Å²) in [5.41, 5.74) is 2.95. The van der Waals surface area contributed by atoms with Crippen molar-refractivity contribution in [1.29, 1.82) is 0 Å². The number of hydrogen-bond donors (Lipinski definition) is 1. The van der Waals surface area contributed by atoms with Gasteiger partial charge in [0.25, 0.3) is 0 Å². The number of benzene rings is 2. The van der Waals surface area contributed by atoms with Crippen LogP contribution in [0.1, 0.15) is 47.8 Å². The Bertz CT molecular complexity index is 1030. The summed E-state index contributed by atoms with van der Waals surface area (Å²) in [5, 5.41) is 14.1. The van der Waals surface area contributed by atoms with Crippen LogP contribution in [0.5, 0.6) is 0 Å². The van der Waals surface area contributed by atoms with Gasteiger partial charge in [-0.3, -0.25) is 0 Å². The molecule has 0 aliphatic rings. The van der Waals surface area contributed by atoms with Crippen LogP contribution in [0.2, 0.25) is 0 Å². The van der Waals surface area contributed by atoms with Gasteiger partial charge in [0.1, 0.15) is 5.82 Å². The highest BCUT2D eigenvalue weighted by molar-refractivity contribution is 5.95. The number of aromatic carboxylic acids is 1. The molecule has 0 spiro atoms. The quantitative estimate of drug-likeness (QED) is 0.580. The number of carboxylic acid groups (broad SMARTS) is 1. The number of nitrogens with zero attached hydrogens (tertiary/aromatic N) is 3. The molecule has 3 rings (SSSR count). The zero-order valence-corrected chi connectivity index (χ0v) is 16.8. The SMILES string of the molecule is C#CCCc1nc(CC(C)C)nn1Cc1ccc(-c2ccccc2C(=O)O)cc1. The summed E-state index contributed by atoms with van der Waals surface area (Å²) in [6.07, 6.45) is 7.59. The maximum Gasteiger partial charge on any atom is 0.336 e. The Labute approximate surface area is 171 Å². The van der Waals surface area contributed by atoms with Crippen molar-refractivity contribution in [2.45, 2.75) is 39.7 Å². The molecule has 0 fully saturated rings. The van der Waals surface area contributed by atoms with Gasteiger partial charge in [-0.25, -0.2) is 14.5 Å². The predicted octanol–water partition coefficient (Wildman–Crippen LogP) is 4.46. The van der Waals surface area contributed by atoms with Crippen LogP contribution in [-0.4, -0.2) is 25.8 Å². The van der Waals surface area contributed by atoms with Crippen LogP contribution in [-0.2, 0) is 19.4 Å². The highest BCUT2D eigenvalue weighted by atomic mass is 16.4. The van der Waals surface area contributed by atoms with Crippen molar-refractivity contribution in [3.05, 3.63) is 71.3 Å². The molecule has 2 aromatic carbocycles. The number of carboxylic acids is 1. The number of rotatable bonds is 8. The first kappa shape index (κ1) is 20.3. The molecule has 0 saturated heterocycles. The summed E-state index contributed by atoms with van der Waals surface area (Å²) in [5.74, 6) is 3.97. The molecule has 0 radical (unpaired) electrons. The van der Waals surface area contributed by atoms with Crippen molar-refractivity contribution in [2.24, 2.45) is 5.92 Å². The molecule has 0 saturated carbocycles. The molecule has 0 atom stereocenters. The van der Waals surface area contributed by atoms with Gasteiger partial charge in [0, 0.05) is 19.3 Å². The Morgan fingerprint density at radius 3 is 2.55 bits per heavy atom. The fraction of sp³-hybridized carbons (Fsp3) is 0.292. The lowest BCUT2D eigenvalue weighted by atomic mass is 9.99. The number of aromatic nitrogens is 3. The number of aryl methyl sites for hydroxylation is 1. The minimum atomic E-state index is -0.928. The minimum Gasteiger partial charge on any atom is -0.478 e. The Hall–Kier alpha value is -3.39. The van der Waals surface area contributed by atoms with Gasteiger partial charge in [-0.1, -0.05) is 56.3 Å². The lowest BCUT2D eigenvalue weighted by Gasteiger charge is -2.09. The lowest BCUT2D eigenvalue weighted by Crippen LogP contribution is -2.07. The number of carbonyl (C=O) groups is 1. The Balaban J connectivity index is 1.84. The predicted molar refractivity (Wildman–Crippen MR) is 114 cm³/mol. The van der Waals surface area contributed by atoms with E-state index >= 15 is 0 Å². The molecule has 5 heteroatoms. The second-order valence-electron chi connectivity index (χ2n) is 7.45. The summed E-state index contributed by atoms with van der Waals surface area (Å²) in [6.45, 7) is 4.90. The average Bonchev–Trinajstić information content (AvgIpc) is 3.07. The molecule has 1 aromatic heterocycles. The van der Waals surface area contributed by atoms with Crippen LogP contribution >= 0.6 is 0 Å². The van der Waals surface area contributed by atoms with Crippen LogP contribution in [0.4, 0.5) is 0 Å². The summed E-state index contributed by atoms with van der Waals surface area (Å²) < 4.78 is 1.93. The van der Waals surface area contributed by atoms with Crippen molar-refractivity contribution in [2.75, 3.05) is 0 Å². The van der Waals surface area contributed by atoms with Gasteiger partial charge in [-0.15, -0.1) is 12.3 Å². The second-order valence-corrected chi connectivity index (χ2v) is 7.45. The maximum absolute atomic E-state index is 11.5. The van der Waals surface area contributed by atoms with Gasteiger partial charge in [0.05, 0.1) is 12.1 Å². The highest BCUT2D eigenvalue weighted by Gasteiger charge is 2.13. The van der Waals surface area contributed by atoms with Crippen LogP contribution in [0.15, 0.2) is 48.5 Å². The van der Waals surface area contributed by atoms with Gasteiger partial charge in [0.15, 0.2) is 5.82 Å². The third-order valence-corrected chi connectivity index (χ3v) is 4.63. The zero-order valence-electron chi connectivity index (χ0n) is 16.8. The van der Waals surface area contributed by atoms with Crippen molar-refractivity contribution >= 4 is 5.97 Å². The first-order chi connectivity index (χ1) is 14.0. The van der Waals surface area contributed by atoms with E-state index < -0.39 is 5.97 Å². The van der Waals surface area contributed by atoms with Gasteiger partial charge in [-0.05, 0) is 28.7 Å². The molecule has 5 nitrogen and oxygen atoms in total. The smallest absolute Gasteiger partial charge is 0.336 e. The zero-order chi connectivity index (χ0) is 20.8. The lowest BCUT2D eigenvalue weighted by molar-refractivity contribution is 0.0697. The first-order valence-electron chi connectivity index (χ1n) is 9.75. The minimum absolute atomic E-state index is 0.298. The molecular weight excluding hydrogens is 362 g/mol. The van der Waals surface area contributed by atoms with Crippen molar-refractivity contribution < 1.29 is 9.90 Å². The summed E-state index contributed by atoms with van der Waals surface area (Å²) >= 11 is 0. The Morgan fingerprint density at radius 1 is 1.17 bits per heavy atom. The molecule has 148 valence electrons. The fourth-order valence-corrected chi connectivity index (χ4v) is 3.26. The van der Waals surface area contributed by atoms with Crippen molar-refractivity contribution in [3.8, 4) is 23.5 Å². The van der Waals surface area contributed by atoms with Crippen molar-refractivity contribution in [3.63, 3.8) is 0 Å². The van der Waals surface area contributed by atoms with Crippen LogP contribution in [0.3, 0.4) is 0 Å². The van der Waals surface area contributed by atoms with Gasteiger partial charge in [-0.2, -0.15) is 5.10 Å². The van der Waals surface area contributed by atoms with E-state index in [1.165, 1.54) is 0 Å². The molecule has 0 aliphatic heterocycles. The molecular formula is C24H25N3O2. The summed E-state index contributed by atoms with van der Waals surface area (Å²) in [7, 11) is 0. The highest BCUT2D eigenvalue weighted by Crippen LogP contribution is 2.24. The van der Waals surface area contributed by atoms with Crippen LogP contribution in [0, 0.1) is 18.3 Å². The largest absolute Gasteiger partial charge is 0.478 e. The van der Waals surface area contributed by atoms with E-state index in [4.69, 9.17) is 6.42 Å². The Morgan fingerprint density at radius 2 is 1.90 bits per heavy atom. The van der Waals surface area contributed by atoms with Crippen molar-refractivity contribution in [1.82, 2.24) is 14.8 Å². The Kier molecular flexibility index (Phi) is 6.46. The van der Waals surface area contributed by atoms with E-state index in [2.05, 4.69) is 29.9 Å².